The summed E-state index contributed by atoms with van der Waals surface area (Å²) in [6.07, 6.45) is 3.28. The van der Waals surface area contributed by atoms with Crippen LogP contribution in [0.5, 0.6) is 11.5 Å². The zero-order valence-electron chi connectivity index (χ0n) is 24.2. The number of fused-ring (bicyclic) bond motifs is 1. The molecule has 42 heavy (non-hydrogen) atoms. The van der Waals surface area contributed by atoms with Crippen molar-refractivity contribution < 1.29 is 88.4 Å². The molecule has 5 rings (SSSR count). The molecule has 0 spiro atoms. The summed E-state index contributed by atoms with van der Waals surface area (Å²) in [6, 6.07) is 21.4. The molecule has 0 amide bonds. The molecular weight excluding hydrogens is 572 g/mol. The van der Waals surface area contributed by atoms with Gasteiger partial charge in [-0.15, -0.1) is 11.3 Å². The maximum absolute atomic E-state index is 12.0. The van der Waals surface area contributed by atoms with Crippen LogP contribution in [0, 0.1) is 0 Å². The summed E-state index contributed by atoms with van der Waals surface area (Å²) in [5, 5.41) is 23.8. The first-order chi connectivity index (χ1) is 19.5. The van der Waals surface area contributed by atoms with Gasteiger partial charge in [0, 0.05) is 27.7 Å². The minimum atomic E-state index is -1.35. The number of likely N-dealkylation sites (tertiary alicyclic amines) is 1. The van der Waals surface area contributed by atoms with Crippen LogP contribution in [0.2, 0.25) is 0 Å². The van der Waals surface area contributed by atoms with Gasteiger partial charge in [-0.25, -0.2) is 0 Å². The summed E-state index contributed by atoms with van der Waals surface area (Å²) in [5.74, 6) is -1.51. The first-order valence-corrected chi connectivity index (χ1v) is 14.4. The van der Waals surface area contributed by atoms with E-state index >= 15 is 0 Å². The molecule has 1 aliphatic rings. The number of carboxylic acids is 2. The van der Waals surface area contributed by atoms with Gasteiger partial charge in [0.2, 0.25) is 0 Å². The van der Waals surface area contributed by atoms with Gasteiger partial charge in [0.15, 0.2) is 0 Å². The Bertz CT molecular complexity index is 1480. The van der Waals surface area contributed by atoms with E-state index in [0.717, 1.165) is 57.0 Å². The maximum atomic E-state index is 12.0. The van der Waals surface area contributed by atoms with Crippen LogP contribution < -0.4 is 78.8 Å². The molecule has 7 nitrogen and oxygen atoms in total. The molecule has 1 aliphatic heterocycles. The van der Waals surface area contributed by atoms with E-state index in [2.05, 4.69) is 29.2 Å². The molecule has 0 aliphatic carbocycles. The average Bonchev–Trinajstić information content (AvgIpc) is 3.60. The predicted molar refractivity (Wildman–Crippen MR) is 152 cm³/mol. The minimum absolute atomic E-state index is 0. The van der Waals surface area contributed by atoms with Crippen molar-refractivity contribution in [2.24, 2.45) is 0 Å². The van der Waals surface area contributed by atoms with Crippen molar-refractivity contribution in [1.29, 1.82) is 0 Å². The molecule has 4 aromatic rings. The zero-order valence-corrected chi connectivity index (χ0v) is 29.0. The summed E-state index contributed by atoms with van der Waals surface area (Å²) in [6.45, 7) is 4.01. The Morgan fingerprint density at radius 2 is 1.62 bits per heavy atom. The van der Waals surface area contributed by atoms with Gasteiger partial charge in [0.1, 0.15) is 18.1 Å². The third kappa shape index (κ3) is 9.07. The molecule has 1 aromatic heterocycles. The summed E-state index contributed by atoms with van der Waals surface area (Å²) in [5.41, 5.74) is 2.95. The Morgan fingerprint density at radius 1 is 0.881 bits per heavy atom. The molecule has 2 heterocycles. The number of ether oxygens (including phenoxy) is 2. The molecule has 0 N–H and O–H groups in total. The Morgan fingerprint density at radius 3 is 2.33 bits per heavy atom. The van der Waals surface area contributed by atoms with Gasteiger partial charge in [0.25, 0.3) is 0 Å². The third-order valence-electron chi connectivity index (χ3n) is 7.12. The molecule has 208 valence electrons. The van der Waals surface area contributed by atoms with Crippen LogP contribution >= 0.6 is 11.3 Å². The van der Waals surface area contributed by atoms with Gasteiger partial charge in [-0.05, 0) is 104 Å². The number of nitrogens with zero attached hydrogens (tertiary/aromatic N) is 1. The van der Waals surface area contributed by atoms with Crippen LogP contribution in [-0.2, 0) is 11.2 Å². The number of thiophene rings is 1. The number of aromatic carboxylic acids is 1. The number of carboxylic acid groups (broad SMARTS) is 2. The van der Waals surface area contributed by atoms with Crippen molar-refractivity contribution in [3.63, 3.8) is 0 Å². The topological polar surface area (TPSA) is 102 Å². The summed E-state index contributed by atoms with van der Waals surface area (Å²) < 4.78 is 12.7. The number of rotatable bonds is 13. The van der Waals surface area contributed by atoms with E-state index in [0.29, 0.717) is 13.0 Å². The van der Waals surface area contributed by atoms with Gasteiger partial charge in [0.05, 0.1) is 12.6 Å². The second-order valence-electron chi connectivity index (χ2n) is 9.95. The second kappa shape index (κ2) is 16.8. The molecule has 1 saturated heterocycles. The normalized spacial score (nSPS) is 12.9. The summed E-state index contributed by atoms with van der Waals surface area (Å²) >= 11 is 1.62. The molecule has 10 heteroatoms. The van der Waals surface area contributed by atoms with Gasteiger partial charge in [-0.2, -0.15) is 0 Å². The van der Waals surface area contributed by atoms with E-state index in [4.69, 9.17) is 9.47 Å². The monoisotopic (exact) mass is 603 g/mol. The minimum Gasteiger partial charge on any atom is -0.550 e. The van der Waals surface area contributed by atoms with E-state index in [1.807, 2.05) is 30.3 Å². The number of aliphatic carboxylic acids is 1. The van der Waals surface area contributed by atoms with Crippen molar-refractivity contribution in [3.05, 3.63) is 83.4 Å². The maximum Gasteiger partial charge on any atom is 1.00 e. The largest absolute Gasteiger partial charge is 1.00 e. The van der Waals surface area contributed by atoms with Gasteiger partial charge < -0.3 is 29.3 Å². The first kappa shape index (κ1) is 34.6. The van der Waals surface area contributed by atoms with Crippen molar-refractivity contribution in [2.45, 2.75) is 32.1 Å². The van der Waals surface area contributed by atoms with Crippen LogP contribution in [0.15, 0.2) is 66.7 Å². The Kier molecular flexibility index (Phi) is 13.9. The average molecular weight is 604 g/mol. The number of hydrogen-bond acceptors (Lipinski definition) is 8. The molecule has 0 saturated carbocycles. The molecule has 0 atom stereocenters. The van der Waals surface area contributed by atoms with E-state index in [9.17, 15) is 19.8 Å². The Labute approximate surface area is 294 Å². The Hall–Kier alpha value is -1.88. The van der Waals surface area contributed by atoms with Crippen LogP contribution in [0.25, 0.3) is 20.5 Å². The van der Waals surface area contributed by atoms with Gasteiger partial charge >= 0.3 is 59.1 Å². The number of carbonyl (C=O) groups is 2. The number of carbonyl (C=O) groups excluding carboxylic acids is 2. The fourth-order valence-electron chi connectivity index (χ4n) is 5.07. The van der Waals surface area contributed by atoms with Gasteiger partial charge in [-0.1, -0.05) is 30.3 Å². The van der Waals surface area contributed by atoms with E-state index in [1.165, 1.54) is 12.8 Å². The smallest absolute Gasteiger partial charge is 0.550 e. The van der Waals surface area contributed by atoms with Crippen LogP contribution in [-0.4, -0.2) is 49.7 Å². The molecule has 3 aromatic carbocycles. The number of hydrogen-bond donors (Lipinski definition) is 0. The molecule has 0 unspecified atom stereocenters. The summed E-state index contributed by atoms with van der Waals surface area (Å²) in [4.78, 5) is 26.0. The van der Waals surface area contributed by atoms with Gasteiger partial charge in [-0.3, -0.25) is 4.90 Å². The van der Waals surface area contributed by atoms with Crippen molar-refractivity contribution >= 4 is 33.4 Å². The fourth-order valence-corrected chi connectivity index (χ4v) is 6.29. The molecular formula is C32H31NNa2O6S. The van der Waals surface area contributed by atoms with E-state index in [-0.39, 0.29) is 89.9 Å². The SMILES string of the molecule is O=C([O-])CCCOc1ccc(-c2sc3ccccc3c2Cc2ccc(OCCN3CCCC3)cc2)cc1C(=O)[O-].[Na+].[Na+]. The van der Waals surface area contributed by atoms with Crippen LogP contribution in [0.3, 0.4) is 0 Å². The second-order valence-corrected chi connectivity index (χ2v) is 11.0. The van der Waals surface area contributed by atoms with Crippen LogP contribution in [0.4, 0.5) is 0 Å². The van der Waals surface area contributed by atoms with E-state index in [1.54, 1.807) is 23.5 Å². The first-order valence-electron chi connectivity index (χ1n) is 13.6. The van der Waals surface area contributed by atoms with E-state index < -0.39 is 11.9 Å². The predicted octanol–water partition coefficient (Wildman–Crippen LogP) is -2.09. The van der Waals surface area contributed by atoms with Crippen molar-refractivity contribution in [2.75, 3.05) is 32.8 Å². The Balaban J connectivity index is 0.00000242. The van der Waals surface area contributed by atoms with Crippen molar-refractivity contribution in [3.8, 4) is 21.9 Å². The molecule has 0 bridgehead atoms. The number of benzene rings is 3. The standard InChI is InChI=1S/C32H33NO6S.2Na/c34-30(35)8-5-18-39-28-14-11-23(21-27(28)32(36)37)31-26(25-6-1-2-7-29(25)40-31)20-22-9-12-24(13-10-22)38-19-17-33-15-3-4-16-33;;/h1-2,6-7,9-14,21H,3-5,8,15-20H2,(H,34,35)(H,36,37);;/q;2*+1/p-2. The fraction of sp³-hybridized carbons (Fsp3) is 0.312. The third-order valence-corrected chi connectivity index (χ3v) is 8.38. The molecule has 1 fully saturated rings. The quantitative estimate of drug-likeness (QED) is 0.128. The van der Waals surface area contributed by atoms with Crippen molar-refractivity contribution in [1.82, 2.24) is 4.90 Å². The summed E-state index contributed by atoms with van der Waals surface area (Å²) in [7, 11) is 0. The molecule has 0 radical (unpaired) electrons. The zero-order chi connectivity index (χ0) is 27.9. The van der Waals surface area contributed by atoms with Crippen LogP contribution in [0.1, 0.15) is 47.2 Å².